The second-order valence-electron chi connectivity index (χ2n) is 5.06. The number of benzene rings is 1. The third kappa shape index (κ3) is 3.06. The van der Waals surface area contributed by atoms with Crippen LogP contribution in [0, 0.1) is 0 Å². The van der Waals surface area contributed by atoms with Crippen LogP contribution in [0.2, 0.25) is 0 Å². The Hall–Kier alpha value is -2.13. The van der Waals surface area contributed by atoms with Gasteiger partial charge >= 0.3 is 0 Å². The molecule has 0 amide bonds. The predicted octanol–water partition coefficient (Wildman–Crippen LogP) is 3.50. The Morgan fingerprint density at radius 3 is 2.75 bits per heavy atom. The molecule has 0 spiro atoms. The molecule has 0 aliphatic heterocycles. The summed E-state index contributed by atoms with van der Waals surface area (Å²) in [7, 11) is 2.11. The van der Waals surface area contributed by atoms with Crippen molar-refractivity contribution in [1.29, 1.82) is 0 Å². The van der Waals surface area contributed by atoms with E-state index in [4.69, 9.17) is 4.42 Å². The van der Waals surface area contributed by atoms with E-state index in [1.807, 2.05) is 36.5 Å². The number of nitrogens with zero attached hydrogens (tertiary/aromatic N) is 2. The highest BCUT2D eigenvalue weighted by Crippen LogP contribution is 2.19. The van der Waals surface area contributed by atoms with E-state index in [0.717, 1.165) is 36.5 Å². The Kier molecular flexibility index (Phi) is 3.79. The standard InChI is InChI=1S/C17H18N2O/c1-19(11-9-15-7-4-5-10-18-15)13-16-12-14-6-2-3-8-17(14)20-16/h2-8,10,12H,9,11,13H2,1H3. The van der Waals surface area contributed by atoms with Gasteiger partial charge in [0.1, 0.15) is 11.3 Å². The SMILES string of the molecule is CN(CCc1ccccn1)Cc1cc2ccccc2o1. The molecule has 3 aromatic rings. The molecule has 0 saturated carbocycles. The van der Waals surface area contributed by atoms with E-state index in [1.165, 1.54) is 5.39 Å². The summed E-state index contributed by atoms with van der Waals surface area (Å²) in [6.07, 6.45) is 2.80. The lowest BCUT2D eigenvalue weighted by molar-refractivity contribution is 0.302. The first kappa shape index (κ1) is 12.9. The molecule has 3 rings (SSSR count). The van der Waals surface area contributed by atoms with Crippen LogP contribution in [0.25, 0.3) is 11.0 Å². The number of furan rings is 1. The second kappa shape index (κ2) is 5.88. The molecule has 0 saturated heterocycles. The van der Waals surface area contributed by atoms with Gasteiger partial charge in [0, 0.05) is 30.2 Å². The highest BCUT2D eigenvalue weighted by atomic mass is 16.3. The highest BCUT2D eigenvalue weighted by molar-refractivity contribution is 5.77. The van der Waals surface area contributed by atoms with Gasteiger partial charge in [-0.2, -0.15) is 0 Å². The van der Waals surface area contributed by atoms with Gasteiger partial charge in [-0.25, -0.2) is 0 Å². The summed E-state index contributed by atoms with van der Waals surface area (Å²) in [6, 6.07) is 16.3. The van der Waals surface area contributed by atoms with Crippen LogP contribution in [0.5, 0.6) is 0 Å². The summed E-state index contributed by atoms with van der Waals surface area (Å²) < 4.78 is 5.83. The second-order valence-corrected chi connectivity index (χ2v) is 5.06. The van der Waals surface area contributed by atoms with Gasteiger partial charge in [-0.3, -0.25) is 9.88 Å². The average molecular weight is 266 g/mol. The molecule has 3 heteroatoms. The molecule has 0 bridgehead atoms. The quantitative estimate of drug-likeness (QED) is 0.707. The zero-order chi connectivity index (χ0) is 13.8. The van der Waals surface area contributed by atoms with Crippen LogP contribution in [0.3, 0.4) is 0 Å². The van der Waals surface area contributed by atoms with Crippen molar-refractivity contribution in [1.82, 2.24) is 9.88 Å². The fraction of sp³-hybridized carbons (Fsp3) is 0.235. The average Bonchev–Trinajstić information content (AvgIpc) is 2.88. The molecular formula is C17H18N2O. The largest absolute Gasteiger partial charge is 0.460 e. The molecule has 0 fully saturated rings. The molecule has 0 aliphatic rings. The topological polar surface area (TPSA) is 29.3 Å². The molecule has 102 valence electrons. The highest BCUT2D eigenvalue weighted by Gasteiger charge is 2.06. The zero-order valence-corrected chi connectivity index (χ0v) is 11.6. The van der Waals surface area contributed by atoms with Crippen molar-refractivity contribution in [2.75, 3.05) is 13.6 Å². The first-order chi connectivity index (χ1) is 9.81. The van der Waals surface area contributed by atoms with Crippen LogP contribution in [0.1, 0.15) is 11.5 Å². The molecule has 0 N–H and O–H groups in total. The Balaban J connectivity index is 1.59. The Bertz CT molecular complexity index is 643. The van der Waals surface area contributed by atoms with Gasteiger partial charge in [0.2, 0.25) is 0 Å². The van der Waals surface area contributed by atoms with E-state index in [2.05, 4.69) is 35.1 Å². The van der Waals surface area contributed by atoms with Crippen molar-refractivity contribution < 1.29 is 4.42 Å². The van der Waals surface area contributed by atoms with E-state index >= 15 is 0 Å². The number of pyridine rings is 1. The summed E-state index contributed by atoms with van der Waals surface area (Å²) in [4.78, 5) is 6.60. The normalized spacial score (nSPS) is 11.3. The first-order valence-corrected chi connectivity index (χ1v) is 6.87. The van der Waals surface area contributed by atoms with E-state index in [1.54, 1.807) is 0 Å². The number of hydrogen-bond donors (Lipinski definition) is 0. The molecule has 2 aromatic heterocycles. The summed E-state index contributed by atoms with van der Waals surface area (Å²) in [5.41, 5.74) is 2.09. The summed E-state index contributed by atoms with van der Waals surface area (Å²) in [6.45, 7) is 1.79. The minimum atomic E-state index is 0.821. The van der Waals surface area contributed by atoms with Gasteiger partial charge in [-0.05, 0) is 31.3 Å². The van der Waals surface area contributed by atoms with Gasteiger partial charge in [-0.1, -0.05) is 24.3 Å². The number of aromatic nitrogens is 1. The lowest BCUT2D eigenvalue weighted by Crippen LogP contribution is -2.20. The van der Waals surface area contributed by atoms with Gasteiger partial charge in [-0.15, -0.1) is 0 Å². The molecule has 20 heavy (non-hydrogen) atoms. The van der Waals surface area contributed by atoms with Crippen LogP contribution in [0.15, 0.2) is 59.1 Å². The predicted molar refractivity (Wildman–Crippen MR) is 80.5 cm³/mol. The van der Waals surface area contributed by atoms with Gasteiger partial charge < -0.3 is 4.42 Å². The van der Waals surface area contributed by atoms with Crippen molar-refractivity contribution in [3.8, 4) is 0 Å². The van der Waals surface area contributed by atoms with Crippen molar-refractivity contribution >= 4 is 11.0 Å². The lowest BCUT2D eigenvalue weighted by Gasteiger charge is -2.14. The molecule has 1 aromatic carbocycles. The number of likely N-dealkylation sites (N-methyl/N-ethyl adjacent to an activating group) is 1. The molecule has 2 heterocycles. The minimum absolute atomic E-state index is 0.821. The maximum Gasteiger partial charge on any atom is 0.134 e. The Morgan fingerprint density at radius 1 is 1.10 bits per heavy atom. The minimum Gasteiger partial charge on any atom is -0.460 e. The van der Waals surface area contributed by atoms with Crippen LogP contribution in [0.4, 0.5) is 0 Å². The molecule has 0 atom stereocenters. The third-order valence-corrected chi connectivity index (χ3v) is 3.38. The smallest absolute Gasteiger partial charge is 0.134 e. The molecular weight excluding hydrogens is 248 g/mol. The maximum atomic E-state index is 5.83. The summed E-state index contributed by atoms with van der Waals surface area (Å²) >= 11 is 0. The monoisotopic (exact) mass is 266 g/mol. The van der Waals surface area contributed by atoms with Crippen molar-refractivity contribution in [3.63, 3.8) is 0 Å². The fourth-order valence-electron chi connectivity index (χ4n) is 2.31. The third-order valence-electron chi connectivity index (χ3n) is 3.38. The van der Waals surface area contributed by atoms with Gasteiger partial charge in [0.15, 0.2) is 0 Å². The summed E-state index contributed by atoms with van der Waals surface area (Å²) in [5.74, 6) is 1.01. The zero-order valence-electron chi connectivity index (χ0n) is 11.6. The first-order valence-electron chi connectivity index (χ1n) is 6.87. The van der Waals surface area contributed by atoms with Crippen molar-refractivity contribution in [2.45, 2.75) is 13.0 Å². The maximum absolute atomic E-state index is 5.83. The van der Waals surface area contributed by atoms with Crippen LogP contribution >= 0.6 is 0 Å². The number of para-hydroxylation sites is 1. The molecule has 0 radical (unpaired) electrons. The van der Waals surface area contributed by atoms with Gasteiger partial charge in [0.25, 0.3) is 0 Å². The molecule has 3 nitrogen and oxygen atoms in total. The van der Waals surface area contributed by atoms with Crippen LogP contribution < -0.4 is 0 Å². The number of fused-ring (bicyclic) bond motifs is 1. The van der Waals surface area contributed by atoms with E-state index in [0.29, 0.717) is 0 Å². The van der Waals surface area contributed by atoms with E-state index in [9.17, 15) is 0 Å². The van der Waals surface area contributed by atoms with Gasteiger partial charge in [0.05, 0.1) is 6.54 Å². The molecule has 0 aliphatic carbocycles. The number of hydrogen-bond acceptors (Lipinski definition) is 3. The Morgan fingerprint density at radius 2 is 1.95 bits per heavy atom. The summed E-state index contributed by atoms with van der Waals surface area (Å²) in [5, 5.41) is 1.17. The lowest BCUT2D eigenvalue weighted by atomic mass is 10.2. The fourth-order valence-corrected chi connectivity index (χ4v) is 2.31. The number of rotatable bonds is 5. The van der Waals surface area contributed by atoms with Crippen molar-refractivity contribution in [2.24, 2.45) is 0 Å². The van der Waals surface area contributed by atoms with E-state index < -0.39 is 0 Å². The van der Waals surface area contributed by atoms with Crippen LogP contribution in [-0.2, 0) is 13.0 Å². The molecule has 0 unspecified atom stereocenters. The van der Waals surface area contributed by atoms with Crippen LogP contribution in [-0.4, -0.2) is 23.5 Å². The van der Waals surface area contributed by atoms with Crippen molar-refractivity contribution in [3.05, 3.63) is 66.2 Å². The Labute approximate surface area is 118 Å². The van der Waals surface area contributed by atoms with E-state index in [-0.39, 0.29) is 0 Å².